The molecule has 0 bridgehead atoms. The molecule has 1 aliphatic rings. The average molecular weight is 385 g/mol. The Balaban J connectivity index is 1.92. The molecule has 0 saturated heterocycles. The van der Waals surface area contributed by atoms with Crippen LogP contribution >= 0.6 is 0 Å². The molecule has 2 aromatic rings. The fraction of sp³-hybridized carbons (Fsp3) is 0.238. The first kappa shape index (κ1) is 19.7. The molecule has 1 unspecified atom stereocenters. The number of hydrogen-bond donors (Lipinski definition) is 2. The monoisotopic (exact) mass is 385 g/mol. The van der Waals surface area contributed by atoms with Gasteiger partial charge in [-0.05, 0) is 35.8 Å². The topological polar surface area (TPSA) is 89.4 Å². The van der Waals surface area contributed by atoms with Crippen molar-refractivity contribution < 1.29 is 18.4 Å². The molecule has 146 valence electrons. The molecule has 2 atom stereocenters. The van der Waals surface area contributed by atoms with Gasteiger partial charge in [0.2, 0.25) is 11.8 Å². The van der Waals surface area contributed by atoms with Gasteiger partial charge in [-0.25, -0.2) is 8.78 Å². The lowest BCUT2D eigenvalue weighted by atomic mass is 10.0. The number of carbonyl (C=O) groups is 2. The number of halogens is 2. The average Bonchev–Trinajstić information content (AvgIpc) is 3.13. The van der Waals surface area contributed by atoms with Gasteiger partial charge < -0.3 is 16.4 Å². The van der Waals surface area contributed by atoms with E-state index in [1.165, 1.54) is 4.90 Å². The summed E-state index contributed by atoms with van der Waals surface area (Å²) in [6.07, 6.45) is 1.86. The number of nitrogens with zero attached hydrogens (tertiary/aromatic N) is 1. The number of rotatable bonds is 6. The standard InChI is InChI=1S/C21H21F2N3O2/c22-15-6-7-17(23)16(11-15)14-10-19(13-4-2-1-3-5-13)26(12-14)21(28)18(24)8-9-20(25)27/h1-7,10-11,18-19H,8-9,12,24H2,(H2,25,27)/t18-,19?/m0/s1. The molecule has 4 N–H and O–H groups in total. The summed E-state index contributed by atoms with van der Waals surface area (Å²) in [5.41, 5.74) is 12.5. The Kier molecular flexibility index (Phi) is 5.84. The zero-order valence-corrected chi connectivity index (χ0v) is 15.1. The maximum atomic E-state index is 14.3. The van der Waals surface area contributed by atoms with Crippen LogP contribution in [0.25, 0.3) is 5.57 Å². The summed E-state index contributed by atoms with van der Waals surface area (Å²) in [4.78, 5) is 25.4. The van der Waals surface area contributed by atoms with E-state index in [-0.39, 0.29) is 30.9 Å². The SMILES string of the molecule is NC(=O)CC[C@H](N)C(=O)N1CC(c2cc(F)ccc2F)=CC1c1ccccc1. The Hall–Kier alpha value is -3.06. The highest BCUT2D eigenvalue weighted by Gasteiger charge is 2.34. The number of nitrogens with two attached hydrogens (primary N) is 2. The fourth-order valence-corrected chi connectivity index (χ4v) is 3.31. The van der Waals surface area contributed by atoms with Crippen molar-refractivity contribution >= 4 is 17.4 Å². The maximum Gasteiger partial charge on any atom is 0.240 e. The van der Waals surface area contributed by atoms with Gasteiger partial charge in [-0.2, -0.15) is 0 Å². The molecule has 0 fully saturated rings. The van der Waals surface area contributed by atoms with Crippen molar-refractivity contribution in [2.24, 2.45) is 11.5 Å². The van der Waals surface area contributed by atoms with Gasteiger partial charge in [0.25, 0.3) is 0 Å². The van der Waals surface area contributed by atoms with Gasteiger partial charge >= 0.3 is 0 Å². The summed E-state index contributed by atoms with van der Waals surface area (Å²) in [5.74, 6) is -2.04. The van der Waals surface area contributed by atoms with Gasteiger partial charge in [-0.15, -0.1) is 0 Å². The fourth-order valence-electron chi connectivity index (χ4n) is 3.31. The summed E-state index contributed by atoms with van der Waals surface area (Å²) in [5, 5.41) is 0. The van der Waals surface area contributed by atoms with E-state index in [9.17, 15) is 18.4 Å². The van der Waals surface area contributed by atoms with Crippen molar-refractivity contribution in [3.63, 3.8) is 0 Å². The van der Waals surface area contributed by atoms with Crippen LogP contribution in [0.4, 0.5) is 8.78 Å². The van der Waals surface area contributed by atoms with E-state index in [1.54, 1.807) is 6.08 Å². The summed E-state index contributed by atoms with van der Waals surface area (Å²) in [6.45, 7) is 0.0863. The molecular weight excluding hydrogens is 364 g/mol. The molecule has 2 amide bonds. The van der Waals surface area contributed by atoms with E-state index in [2.05, 4.69) is 0 Å². The van der Waals surface area contributed by atoms with Crippen LogP contribution in [0.3, 0.4) is 0 Å². The predicted octanol–water partition coefficient (Wildman–Crippen LogP) is 2.52. The minimum atomic E-state index is -0.913. The molecule has 1 aliphatic heterocycles. The van der Waals surface area contributed by atoms with Crippen molar-refractivity contribution in [1.29, 1.82) is 0 Å². The second-order valence-corrected chi connectivity index (χ2v) is 6.75. The summed E-state index contributed by atoms with van der Waals surface area (Å²) in [7, 11) is 0. The van der Waals surface area contributed by atoms with E-state index in [1.807, 2.05) is 30.3 Å². The number of carbonyl (C=O) groups excluding carboxylic acids is 2. The van der Waals surface area contributed by atoms with Crippen LogP contribution in [0, 0.1) is 11.6 Å². The van der Waals surface area contributed by atoms with Gasteiger partial charge in [0.1, 0.15) is 11.6 Å². The summed E-state index contributed by atoms with van der Waals surface area (Å²) >= 11 is 0. The Bertz CT molecular complexity index is 915. The Morgan fingerprint density at radius 1 is 1.14 bits per heavy atom. The van der Waals surface area contributed by atoms with Gasteiger partial charge in [0, 0.05) is 18.5 Å². The van der Waals surface area contributed by atoms with Crippen molar-refractivity contribution in [3.8, 4) is 0 Å². The van der Waals surface area contributed by atoms with E-state index in [0.717, 1.165) is 23.8 Å². The van der Waals surface area contributed by atoms with Crippen LogP contribution in [0.2, 0.25) is 0 Å². The number of amides is 2. The lowest BCUT2D eigenvalue weighted by Gasteiger charge is -2.28. The van der Waals surface area contributed by atoms with E-state index in [0.29, 0.717) is 5.57 Å². The Labute approximate surface area is 161 Å². The zero-order chi connectivity index (χ0) is 20.3. The number of benzene rings is 2. The highest BCUT2D eigenvalue weighted by Crippen LogP contribution is 2.36. The molecule has 0 aliphatic carbocycles. The van der Waals surface area contributed by atoms with Crippen molar-refractivity contribution in [3.05, 3.63) is 77.4 Å². The molecule has 0 saturated carbocycles. The van der Waals surface area contributed by atoms with Crippen LogP contribution in [0.15, 0.2) is 54.6 Å². The first-order valence-electron chi connectivity index (χ1n) is 8.92. The molecule has 0 spiro atoms. The minimum absolute atomic E-state index is 0.00440. The largest absolute Gasteiger partial charge is 0.370 e. The zero-order valence-electron chi connectivity index (χ0n) is 15.1. The number of primary amides is 1. The Morgan fingerprint density at radius 3 is 2.54 bits per heavy atom. The second-order valence-electron chi connectivity index (χ2n) is 6.75. The van der Waals surface area contributed by atoms with E-state index < -0.39 is 29.6 Å². The maximum absolute atomic E-state index is 14.3. The van der Waals surface area contributed by atoms with Crippen molar-refractivity contribution in [1.82, 2.24) is 4.90 Å². The van der Waals surface area contributed by atoms with E-state index >= 15 is 0 Å². The van der Waals surface area contributed by atoms with E-state index in [4.69, 9.17) is 11.5 Å². The molecule has 28 heavy (non-hydrogen) atoms. The normalized spacial score (nSPS) is 17.3. The van der Waals surface area contributed by atoms with Crippen LogP contribution in [-0.4, -0.2) is 29.3 Å². The summed E-state index contributed by atoms with van der Waals surface area (Å²) < 4.78 is 27.9. The third-order valence-corrected chi connectivity index (χ3v) is 4.75. The predicted molar refractivity (Wildman–Crippen MR) is 102 cm³/mol. The molecule has 0 aromatic heterocycles. The van der Waals surface area contributed by atoms with Gasteiger partial charge in [0.05, 0.1) is 12.1 Å². The highest BCUT2D eigenvalue weighted by molar-refractivity contribution is 5.87. The lowest BCUT2D eigenvalue weighted by Crippen LogP contribution is -2.44. The molecule has 3 rings (SSSR count). The van der Waals surface area contributed by atoms with Crippen LogP contribution in [-0.2, 0) is 9.59 Å². The molecule has 7 heteroatoms. The molecule has 0 radical (unpaired) electrons. The second kappa shape index (κ2) is 8.31. The molecule has 2 aromatic carbocycles. The van der Waals surface area contributed by atoms with Gasteiger partial charge in [-0.1, -0.05) is 36.4 Å². The quantitative estimate of drug-likeness (QED) is 0.801. The van der Waals surface area contributed by atoms with Gasteiger partial charge in [-0.3, -0.25) is 9.59 Å². The summed E-state index contributed by atoms with van der Waals surface area (Å²) in [6, 6.07) is 11.1. The van der Waals surface area contributed by atoms with Gasteiger partial charge in [0.15, 0.2) is 0 Å². The minimum Gasteiger partial charge on any atom is -0.370 e. The number of hydrogen-bond acceptors (Lipinski definition) is 3. The molecule has 5 nitrogen and oxygen atoms in total. The highest BCUT2D eigenvalue weighted by atomic mass is 19.1. The lowest BCUT2D eigenvalue weighted by molar-refractivity contribution is -0.133. The smallest absolute Gasteiger partial charge is 0.240 e. The molecule has 1 heterocycles. The third-order valence-electron chi connectivity index (χ3n) is 4.75. The van der Waals surface area contributed by atoms with Crippen LogP contribution in [0.5, 0.6) is 0 Å². The van der Waals surface area contributed by atoms with Crippen molar-refractivity contribution in [2.45, 2.75) is 24.9 Å². The first-order chi connectivity index (χ1) is 13.4. The molecular formula is C21H21F2N3O2. The Morgan fingerprint density at radius 2 is 1.86 bits per heavy atom. The third kappa shape index (κ3) is 4.26. The van der Waals surface area contributed by atoms with Crippen molar-refractivity contribution in [2.75, 3.05) is 6.54 Å². The van der Waals surface area contributed by atoms with Crippen LogP contribution in [0.1, 0.15) is 30.0 Å². The first-order valence-corrected chi connectivity index (χ1v) is 8.92. The van der Waals surface area contributed by atoms with Crippen LogP contribution < -0.4 is 11.5 Å².